The molecule has 0 heterocycles. The lowest BCUT2D eigenvalue weighted by Gasteiger charge is -2.31. The third-order valence-electron chi connectivity index (χ3n) is 5.28. The molecular formula is C20H30N2O5S. The van der Waals surface area contributed by atoms with E-state index < -0.39 is 16.0 Å². The van der Waals surface area contributed by atoms with Crippen LogP contribution in [0.2, 0.25) is 0 Å². The van der Waals surface area contributed by atoms with Crippen LogP contribution in [0.25, 0.3) is 0 Å². The molecule has 0 N–H and O–H groups in total. The predicted octanol–water partition coefficient (Wildman–Crippen LogP) is 2.67. The van der Waals surface area contributed by atoms with Crippen molar-refractivity contribution in [3.63, 3.8) is 0 Å². The van der Waals surface area contributed by atoms with Gasteiger partial charge in [-0.2, -0.15) is 4.31 Å². The molecule has 8 heteroatoms. The van der Waals surface area contributed by atoms with Crippen LogP contribution in [0.15, 0.2) is 29.2 Å². The number of esters is 1. The molecule has 0 bridgehead atoms. The van der Waals surface area contributed by atoms with Gasteiger partial charge in [0.05, 0.1) is 10.5 Å². The summed E-state index contributed by atoms with van der Waals surface area (Å²) in [6, 6.07) is 5.81. The zero-order chi connectivity index (χ0) is 20.7. The van der Waals surface area contributed by atoms with E-state index in [0.29, 0.717) is 13.1 Å². The zero-order valence-electron chi connectivity index (χ0n) is 16.9. The van der Waals surface area contributed by atoms with Crippen molar-refractivity contribution in [2.24, 2.45) is 0 Å². The van der Waals surface area contributed by atoms with Crippen LogP contribution in [-0.4, -0.2) is 62.3 Å². The van der Waals surface area contributed by atoms with Gasteiger partial charge in [-0.15, -0.1) is 0 Å². The molecule has 7 nitrogen and oxygen atoms in total. The quantitative estimate of drug-likeness (QED) is 0.615. The molecule has 28 heavy (non-hydrogen) atoms. The number of ether oxygens (including phenoxy) is 1. The summed E-state index contributed by atoms with van der Waals surface area (Å²) in [5, 5.41) is 0. The number of carbonyl (C=O) groups excluding carboxylic acids is 2. The van der Waals surface area contributed by atoms with Crippen LogP contribution in [0.3, 0.4) is 0 Å². The number of carbonyl (C=O) groups is 2. The first-order valence-electron chi connectivity index (χ1n) is 9.84. The smallest absolute Gasteiger partial charge is 0.338 e. The van der Waals surface area contributed by atoms with Crippen LogP contribution >= 0.6 is 0 Å². The van der Waals surface area contributed by atoms with Gasteiger partial charge < -0.3 is 9.64 Å². The Labute approximate surface area is 167 Å². The van der Waals surface area contributed by atoms with E-state index in [1.54, 1.807) is 25.8 Å². The summed E-state index contributed by atoms with van der Waals surface area (Å²) < 4.78 is 31.4. The molecule has 2 rings (SSSR count). The summed E-state index contributed by atoms with van der Waals surface area (Å²) >= 11 is 0. The maximum Gasteiger partial charge on any atom is 0.338 e. The number of hydrogen-bond donors (Lipinski definition) is 0. The third-order valence-corrected chi connectivity index (χ3v) is 7.34. The van der Waals surface area contributed by atoms with E-state index in [2.05, 4.69) is 0 Å². The van der Waals surface area contributed by atoms with Crippen molar-refractivity contribution in [1.29, 1.82) is 0 Å². The summed E-state index contributed by atoms with van der Waals surface area (Å²) in [4.78, 5) is 26.3. The second-order valence-corrected chi connectivity index (χ2v) is 8.92. The molecular weight excluding hydrogens is 380 g/mol. The Morgan fingerprint density at radius 3 is 2.14 bits per heavy atom. The van der Waals surface area contributed by atoms with Gasteiger partial charge in [-0.05, 0) is 37.1 Å². The second kappa shape index (κ2) is 10.0. The van der Waals surface area contributed by atoms with Gasteiger partial charge in [0, 0.05) is 26.2 Å². The molecule has 0 saturated heterocycles. The van der Waals surface area contributed by atoms with Crippen molar-refractivity contribution in [3.05, 3.63) is 29.8 Å². The summed E-state index contributed by atoms with van der Waals surface area (Å²) in [5.74, 6) is -0.863. The molecule has 0 aromatic heterocycles. The van der Waals surface area contributed by atoms with E-state index in [1.807, 2.05) is 0 Å². The van der Waals surface area contributed by atoms with Gasteiger partial charge in [-0.1, -0.05) is 33.1 Å². The standard InChI is InChI=1S/C20H30N2O5S/c1-4-22(5-2)28(25,26)18-13-11-16(12-14-18)20(24)27-15-19(23)21(3)17-9-7-6-8-10-17/h11-14,17H,4-10,15H2,1-3H3. The van der Waals surface area contributed by atoms with Crippen molar-refractivity contribution in [2.75, 3.05) is 26.7 Å². The lowest BCUT2D eigenvalue weighted by Crippen LogP contribution is -2.40. The van der Waals surface area contributed by atoms with Crippen molar-refractivity contribution >= 4 is 21.9 Å². The van der Waals surface area contributed by atoms with Crippen LogP contribution in [-0.2, 0) is 19.6 Å². The number of hydrogen-bond acceptors (Lipinski definition) is 5. The summed E-state index contributed by atoms with van der Waals surface area (Å²) in [7, 11) is -1.82. The Morgan fingerprint density at radius 2 is 1.61 bits per heavy atom. The summed E-state index contributed by atoms with van der Waals surface area (Å²) in [6.45, 7) is 3.98. The average Bonchev–Trinajstić information content (AvgIpc) is 2.72. The minimum absolute atomic E-state index is 0.126. The number of sulfonamides is 1. The van der Waals surface area contributed by atoms with Gasteiger partial charge in [0.2, 0.25) is 10.0 Å². The van der Waals surface area contributed by atoms with Crippen LogP contribution in [0.4, 0.5) is 0 Å². The Kier molecular flexibility index (Phi) is 8.00. The molecule has 0 radical (unpaired) electrons. The molecule has 1 saturated carbocycles. The highest BCUT2D eigenvalue weighted by Gasteiger charge is 2.24. The minimum Gasteiger partial charge on any atom is -0.452 e. The van der Waals surface area contributed by atoms with Gasteiger partial charge in [0.15, 0.2) is 6.61 Å². The largest absolute Gasteiger partial charge is 0.452 e. The maximum atomic E-state index is 12.5. The number of nitrogens with zero attached hydrogens (tertiary/aromatic N) is 2. The SMILES string of the molecule is CCN(CC)S(=O)(=O)c1ccc(C(=O)OCC(=O)N(C)C2CCCCC2)cc1. The fourth-order valence-electron chi connectivity index (χ4n) is 3.46. The maximum absolute atomic E-state index is 12.5. The van der Waals surface area contributed by atoms with Gasteiger partial charge in [-0.3, -0.25) is 4.79 Å². The second-order valence-electron chi connectivity index (χ2n) is 6.99. The van der Waals surface area contributed by atoms with E-state index in [4.69, 9.17) is 4.74 Å². The van der Waals surface area contributed by atoms with Crippen LogP contribution in [0, 0.1) is 0 Å². The van der Waals surface area contributed by atoms with Crippen LogP contribution < -0.4 is 0 Å². The van der Waals surface area contributed by atoms with E-state index in [1.165, 1.54) is 35.0 Å². The zero-order valence-corrected chi connectivity index (χ0v) is 17.7. The molecule has 156 valence electrons. The first-order valence-corrected chi connectivity index (χ1v) is 11.3. The molecule has 1 aromatic rings. The predicted molar refractivity (Wildman–Crippen MR) is 106 cm³/mol. The minimum atomic E-state index is -3.57. The van der Waals surface area contributed by atoms with Crippen molar-refractivity contribution < 1.29 is 22.7 Å². The van der Waals surface area contributed by atoms with E-state index in [-0.39, 0.29) is 29.0 Å². The highest BCUT2D eigenvalue weighted by Crippen LogP contribution is 2.22. The average molecular weight is 411 g/mol. The van der Waals surface area contributed by atoms with Crippen LogP contribution in [0.5, 0.6) is 0 Å². The van der Waals surface area contributed by atoms with E-state index in [9.17, 15) is 18.0 Å². The lowest BCUT2D eigenvalue weighted by molar-refractivity contribution is -0.135. The van der Waals surface area contributed by atoms with Crippen molar-refractivity contribution in [3.8, 4) is 0 Å². The molecule has 0 unspecified atom stereocenters. The van der Waals surface area contributed by atoms with Gasteiger partial charge >= 0.3 is 5.97 Å². The topological polar surface area (TPSA) is 84.0 Å². The summed E-state index contributed by atoms with van der Waals surface area (Å²) in [5.41, 5.74) is 0.214. The number of amides is 1. The third kappa shape index (κ3) is 5.32. The van der Waals surface area contributed by atoms with Gasteiger partial charge in [0.1, 0.15) is 0 Å². The Hall–Kier alpha value is -1.93. The Bertz CT molecular complexity index is 766. The number of likely N-dealkylation sites (N-methyl/N-ethyl adjacent to an activating group) is 1. The normalized spacial score (nSPS) is 15.4. The number of benzene rings is 1. The van der Waals surface area contributed by atoms with Gasteiger partial charge in [0.25, 0.3) is 5.91 Å². The van der Waals surface area contributed by atoms with E-state index >= 15 is 0 Å². The first-order chi connectivity index (χ1) is 13.3. The molecule has 1 fully saturated rings. The molecule has 1 aliphatic carbocycles. The fraction of sp³-hybridized carbons (Fsp3) is 0.600. The molecule has 1 aliphatic rings. The van der Waals surface area contributed by atoms with E-state index in [0.717, 1.165) is 25.7 Å². The lowest BCUT2D eigenvalue weighted by atomic mass is 9.94. The molecule has 0 aliphatic heterocycles. The van der Waals surface area contributed by atoms with Crippen LogP contribution in [0.1, 0.15) is 56.3 Å². The van der Waals surface area contributed by atoms with Gasteiger partial charge in [-0.25, -0.2) is 13.2 Å². The Balaban J connectivity index is 1.95. The van der Waals surface area contributed by atoms with Crippen molar-refractivity contribution in [2.45, 2.75) is 56.9 Å². The van der Waals surface area contributed by atoms with Crippen molar-refractivity contribution in [1.82, 2.24) is 9.21 Å². The molecule has 1 amide bonds. The Morgan fingerprint density at radius 1 is 1.04 bits per heavy atom. The molecule has 1 aromatic carbocycles. The monoisotopic (exact) mass is 410 g/mol. The highest BCUT2D eigenvalue weighted by molar-refractivity contribution is 7.89. The fourth-order valence-corrected chi connectivity index (χ4v) is 4.92. The first kappa shape index (κ1) is 22.4. The highest BCUT2D eigenvalue weighted by atomic mass is 32.2. The summed E-state index contributed by atoms with van der Waals surface area (Å²) in [6.07, 6.45) is 5.40. The molecule has 0 atom stereocenters. The number of rotatable bonds is 8. The molecule has 0 spiro atoms.